The smallest absolute Gasteiger partial charge is 0.330 e. The third-order valence-electron chi connectivity index (χ3n) is 3.83. The minimum absolute atomic E-state index is 0.0259. The summed E-state index contributed by atoms with van der Waals surface area (Å²) < 4.78 is 44.7. The molecular formula is C13H16F2N2O6. The number of hydrogen-bond donors (Lipinski definition) is 2. The third-order valence-corrected chi connectivity index (χ3v) is 3.83. The Bertz CT molecular complexity index is 715. The van der Waals surface area contributed by atoms with Crippen molar-refractivity contribution in [3.8, 4) is 0 Å². The van der Waals surface area contributed by atoms with Gasteiger partial charge in [0.05, 0.1) is 12.8 Å². The highest BCUT2D eigenvalue weighted by molar-refractivity contribution is 4.97. The lowest BCUT2D eigenvalue weighted by molar-refractivity contribution is -0.358. The molecule has 3 heterocycles. The maximum Gasteiger partial charge on any atom is 0.330 e. The molecule has 0 unspecified atom stereocenters. The van der Waals surface area contributed by atoms with Crippen molar-refractivity contribution in [3.63, 3.8) is 0 Å². The van der Waals surface area contributed by atoms with E-state index in [2.05, 4.69) is 0 Å². The lowest BCUT2D eigenvalue weighted by atomic mass is 9.98. The highest BCUT2D eigenvalue weighted by Crippen LogP contribution is 2.36. The number of rotatable bonds is 1. The average Bonchev–Trinajstić information content (AvgIpc) is 2.47. The van der Waals surface area contributed by atoms with E-state index in [4.69, 9.17) is 14.2 Å². The molecule has 1 aromatic rings. The van der Waals surface area contributed by atoms with E-state index in [9.17, 15) is 23.5 Å². The number of halogens is 2. The zero-order valence-electron chi connectivity index (χ0n) is 12.4. The van der Waals surface area contributed by atoms with Crippen LogP contribution >= 0.6 is 0 Å². The number of alkyl halides is 1. The van der Waals surface area contributed by atoms with Gasteiger partial charge in [-0.25, -0.2) is 9.18 Å². The number of aliphatic hydroxyl groups is 1. The van der Waals surface area contributed by atoms with Crippen LogP contribution in [0.2, 0.25) is 0 Å². The molecular weight excluding hydrogens is 318 g/mol. The SMILES string of the molecule is CC1(C)OC[C@H]2O[C@@H](n3cc(F)c(=O)[nH]c3=O)[C@H](O)[C@@H](F)[C@@H]2O1. The third kappa shape index (κ3) is 2.82. The first-order chi connectivity index (χ1) is 10.7. The molecule has 10 heteroatoms. The Morgan fingerprint density at radius 2 is 2.13 bits per heavy atom. The van der Waals surface area contributed by atoms with Crippen LogP contribution in [0.15, 0.2) is 15.8 Å². The molecule has 2 N–H and O–H groups in total. The summed E-state index contributed by atoms with van der Waals surface area (Å²) in [5.41, 5.74) is -2.23. The molecule has 2 fully saturated rings. The first-order valence-corrected chi connectivity index (χ1v) is 7.00. The van der Waals surface area contributed by atoms with Gasteiger partial charge >= 0.3 is 5.69 Å². The van der Waals surface area contributed by atoms with Crippen molar-refractivity contribution >= 4 is 0 Å². The standard InChI is InChI=1S/C13H16F2N2O6/c1-13(2)21-4-6-9(23-13)7(15)8(18)11(22-6)17-3-5(14)10(19)16-12(17)20/h3,6-9,11,18H,4H2,1-2H3,(H,16,19,20)/t6-,7-,8-,9-,11-/m1/s1. The van der Waals surface area contributed by atoms with Gasteiger partial charge in [-0.1, -0.05) is 0 Å². The van der Waals surface area contributed by atoms with Crippen LogP contribution in [0.25, 0.3) is 0 Å². The summed E-state index contributed by atoms with van der Waals surface area (Å²) in [6, 6.07) is 0. The molecule has 0 amide bonds. The molecule has 128 valence electrons. The second-order valence-corrected chi connectivity index (χ2v) is 5.94. The van der Waals surface area contributed by atoms with E-state index < -0.39 is 53.6 Å². The lowest BCUT2D eigenvalue weighted by Crippen LogP contribution is -2.62. The molecule has 0 aliphatic carbocycles. The Morgan fingerprint density at radius 1 is 1.43 bits per heavy atom. The normalized spacial score (nSPS) is 36.5. The van der Waals surface area contributed by atoms with Gasteiger partial charge < -0.3 is 19.3 Å². The van der Waals surface area contributed by atoms with E-state index in [1.165, 1.54) is 0 Å². The van der Waals surface area contributed by atoms with Crippen molar-refractivity contribution in [1.82, 2.24) is 9.55 Å². The summed E-state index contributed by atoms with van der Waals surface area (Å²) in [7, 11) is 0. The van der Waals surface area contributed by atoms with Crippen LogP contribution in [0.1, 0.15) is 20.1 Å². The predicted octanol–water partition coefficient (Wildman–Crippen LogP) is -0.576. The minimum Gasteiger partial charge on any atom is -0.385 e. The fourth-order valence-electron chi connectivity index (χ4n) is 2.69. The van der Waals surface area contributed by atoms with Crippen molar-refractivity contribution in [2.45, 2.75) is 50.3 Å². The highest BCUT2D eigenvalue weighted by Gasteiger charge is 2.52. The summed E-state index contributed by atoms with van der Waals surface area (Å²) in [6.45, 7) is 3.16. The zero-order chi connectivity index (χ0) is 16.9. The molecule has 0 spiro atoms. The monoisotopic (exact) mass is 334 g/mol. The van der Waals surface area contributed by atoms with E-state index in [0.29, 0.717) is 10.8 Å². The number of fused-ring (bicyclic) bond motifs is 1. The van der Waals surface area contributed by atoms with Gasteiger partial charge in [0, 0.05) is 0 Å². The highest BCUT2D eigenvalue weighted by atomic mass is 19.1. The molecule has 2 saturated heterocycles. The number of aliphatic hydroxyl groups excluding tert-OH is 1. The van der Waals surface area contributed by atoms with Crippen molar-refractivity contribution in [2.24, 2.45) is 0 Å². The molecule has 0 radical (unpaired) electrons. The first kappa shape index (κ1) is 16.2. The van der Waals surface area contributed by atoms with E-state index in [1.54, 1.807) is 18.8 Å². The molecule has 0 bridgehead atoms. The Balaban J connectivity index is 1.93. The van der Waals surface area contributed by atoms with Crippen LogP contribution < -0.4 is 11.2 Å². The zero-order valence-corrected chi connectivity index (χ0v) is 12.4. The van der Waals surface area contributed by atoms with Crippen molar-refractivity contribution in [3.05, 3.63) is 32.9 Å². The van der Waals surface area contributed by atoms with Gasteiger partial charge in [-0.3, -0.25) is 14.3 Å². The molecule has 5 atom stereocenters. The molecule has 0 aromatic carbocycles. The second kappa shape index (κ2) is 5.48. The molecule has 0 saturated carbocycles. The molecule has 2 aliphatic heterocycles. The van der Waals surface area contributed by atoms with Crippen LogP contribution in [-0.2, 0) is 14.2 Å². The second-order valence-electron chi connectivity index (χ2n) is 5.94. The van der Waals surface area contributed by atoms with E-state index in [1.807, 2.05) is 0 Å². The van der Waals surface area contributed by atoms with Gasteiger partial charge in [-0.05, 0) is 13.8 Å². The van der Waals surface area contributed by atoms with Crippen molar-refractivity contribution in [2.75, 3.05) is 6.61 Å². The number of hydrogen-bond acceptors (Lipinski definition) is 6. The van der Waals surface area contributed by atoms with Crippen LogP contribution in [0.5, 0.6) is 0 Å². The summed E-state index contributed by atoms with van der Waals surface area (Å²) in [6.07, 6.45) is -6.60. The fraction of sp³-hybridized carbons (Fsp3) is 0.692. The Kier molecular flexibility index (Phi) is 3.87. The lowest BCUT2D eigenvalue weighted by Gasteiger charge is -2.48. The molecule has 3 rings (SSSR count). The number of aromatic nitrogens is 2. The number of aromatic amines is 1. The topological polar surface area (TPSA) is 103 Å². The first-order valence-electron chi connectivity index (χ1n) is 7.00. The largest absolute Gasteiger partial charge is 0.385 e. The van der Waals surface area contributed by atoms with Crippen molar-refractivity contribution < 1.29 is 28.1 Å². The molecule has 2 aliphatic rings. The summed E-state index contributed by atoms with van der Waals surface area (Å²) >= 11 is 0. The van der Waals surface area contributed by atoms with Gasteiger partial charge in [-0.2, -0.15) is 4.39 Å². The van der Waals surface area contributed by atoms with Gasteiger partial charge in [0.1, 0.15) is 18.3 Å². The van der Waals surface area contributed by atoms with Crippen LogP contribution in [0.4, 0.5) is 8.78 Å². The van der Waals surface area contributed by atoms with Crippen LogP contribution in [0.3, 0.4) is 0 Å². The average molecular weight is 334 g/mol. The quantitative estimate of drug-likeness (QED) is 0.713. The number of ether oxygens (including phenoxy) is 3. The van der Waals surface area contributed by atoms with Gasteiger partial charge in [0.2, 0.25) is 5.82 Å². The van der Waals surface area contributed by atoms with Crippen LogP contribution in [-0.4, -0.2) is 51.5 Å². The van der Waals surface area contributed by atoms with E-state index >= 15 is 0 Å². The maximum absolute atomic E-state index is 14.5. The summed E-state index contributed by atoms with van der Waals surface area (Å²) in [5.74, 6) is -2.29. The van der Waals surface area contributed by atoms with E-state index in [0.717, 1.165) is 0 Å². The molecule has 1 aromatic heterocycles. The molecule has 23 heavy (non-hydrogen) atoms. The number of H-pyrrole nitrogens is 1. The van der Waals surface area contributed by atoms with E-state index in [-0.39, 0.29) is 6.61 Å². The van der Waals surface area contributed by atoms with Gasteiger partial charge in [-0.15, -0.1) is 0 Å². The van der Waals surface area contributed by atoms with Gasteiger partial charge in [0.25, 0.3) is 5.56 Å². The number of nitrogens with one attached hydrogen (secondary N) is 1. The predicted molar refractivity (Wildman–Crippen MR) is 71.0 cm³/mol. The number of nitrogens with zero attached hydrogens (tertiary/aromatic N) is 1. The maximum atomic E-state index is 14.5. The Labute approximate surface area is 128 Å². The summed E-state index contributed by atoms with van der Waals surface area (Å²) in [4.78, 5) is 24.6. The fourth-order valence-corrected chi connectivity index (χ4v) is 2.69. The molecule has 8 nitrogen and oxygen atoms in total. The van der Waals surface area contributed by atoms with Gasteiger partial charge in [0.15, 0.2) is 18.2 Å². The summed E-state index contributed by atoms with van der Waals surface area (Å²) in [5, 5.41) is 10.1. The Morgan fingerprint density at radius 3 is 2.83 bits per heavy atom. The van der Waals surface area contributed by atoms with Crippen LogP contribution in [0, 0.1) is 5.82 Å². The minimum atomic E-state index is -1.89. The van der Waals surface area contributed by atoms with Crippen molar-refractivity contribution in [1.29, 1.82) is 0 Å². The Hall–Kier alpha value is -1.62.